The Bertz CT molecular complexity index is 1650. The van der Waals surface area contributed by atoms with Gasteiger partial charge in [0.2, 0.25) is 10.0 Å². The number of hydrogen-bond donors (Lipinski definition) is 2. The number of benzene rings is 2. The van der Waals surface area contributed by atoms with Crippen LogP contribution in [0.15, 0.2) is 48.6 Å². The number of ether oxygens (including phenoxy) is 1. The second-order valence-electron chi connectivity index (χ2n) is 13.7. The molecule has 2 bridgehead atoms. The molecule has 4 aliphatic rings. The van der Waals surface area contributed by atoms with E-state index in [0.717, 1.165) is 37.8 Å². The lowest BCUT2D eigenvalue weighted by Gasteiger charge is -2.49. The Morgan fingerprint density at radius 2 is 1.98 bits per heavy atom. The highest BCUT2D eigenvalue weighted by Crippen LogP contribution is 2.48. The first-order valence-corrected chi connectivity index (χ1v) is 19.5. The summed E-state index contributed by atoms with van der Waals surface area (Å²) in [5.41, 5.74) is 1.81. The summed E-state index contributed by atoms with van der Waals surface area (Å²) in [6, 6.07) is 11.2. The van der Waals surface area contributed by atoms with Gasteiger partial charge in [0.05, 0.1) is 28.9 Å². The number of amides is 1. The molecule has 2 aliphatic heterocycles. The van der Waals surface area contributed by atoms with E-state index in [9.17, 15) is 22.5 Å². The van der Waals surface area contributed by atoms with Gasteiger partial charge in [-0.1, -0.05) is 36.7 Å². The van der Waals surface area contributed by atoms with Crippen molar-refractivity contribution in [1.82, 2.24) is 4.72 Å². The van der Waals surface area contributed by atoms with Gasteiger partial charge in [0.25, 0.3) is 5.91 Å². The lowest BCUT2D eigenvalue weighted by molar-refractivity contribution is -0.0283. The fraction of sp³-hybridized carbons (Fsp3) is 0.559. The minimum atomic E-state index is -3.99. The Morgan fingerprint density at radius 1 is 1.18 bits per heavy atom. The quantitative estimate of drug-likeness (QED) is 0.432. The topological polar surface area (TPSA) is 113 Å². The molecular formula is C34H43ClN2O6S2. The van der Waals surface area contributed by atoms with Crippen LogP contribution in [0.2, 0.25) is 5.02 Å². The molecule has 8 nitrogen and oxygen atoms in total. The minimum absolute atomic E-state index is 0.113. The number of rotatable bonds is 2. The first-order chi connectivity index (χ1) is 21.3. The number of hydrogen-bond acceptors (Lipinski definition) is 7. The van der Waals surface area contributed by atoms with E-state index in [0.29, 0.717) is 36.9 Å². The predicted molar refractivity (Wildman–Crippen MR) is 179 cm³/mol. The van der Waals surface area contributed by atoms with Gasteiger partial charge in [0.15, 0.2) is 0 Å². The molecule has 1 unspecified atom stereocenters. The van der Waals surface area contributed by atoms with Gasteiger partial charge in [-0.3, -0.25) is 9.00 Å². The van der Waals surface area contributed by atoms with Gasteiger partial charge in [-0.15, -0.1) is 0 Å². The second kappa shape index (κ2) is 12.3. The van der Waals surface area contributed by atoms with Crippen molar-refractivity contribution in [2.75, 3.05) is 36.6 Å². The normalized spacial score (nSPS) is 34.2. The molecular weight excluding hydrogens is 632 g/mol. The molecule has 2 aromatic carbocycles. The third-order valence-corrected chi connectivity index (χ3v) is 13.7. The van der Waals surface area contributed by atoms with Crippen molar-refractivity contribution in [1.29, 1.82) is 0 Å². The SMILES string of the molecule is C[C@@H]1[C@@H](C)C/C=C/[C@@](O)(CS(C)=O)[C@@H]2CC[C@H]2CN2C[C@@]3(CCCc4cc(Cl)ccc43)COc3ccc(cc32)C(=O)NS1(=O)=O. The van der Waals surface area contributed by atoms with E-state index in [1.165, 1.54) is 11.1 Å². The fourth-order valence-corrected chi connectivity index (χ4v) is 10.3. The monoisotopic (exact) mass is 674 g/mol. The van der Waals surface area contributed by atoms with Crippen LogP contribution in [0.3, 0.4) is 0 Å². The summed E-state index contributed by atoms with van der Waals surface area (Å²) in [6.07, 6.45) is 10.1. The van der Waals surface area contributed by atoms with Crippen LogP contribution in [0.1, 0.15) is 67.4 Å². The lowest BCUT2D eigenvalue weighted by atomic mass is 9.64. The first-order valence-electron chi connectivity index (χ1n) is 15.9. The predicted octanol–water partition coefficient (Wildman–Crippen LogP) is 4.99. The van der Waals surface area contributed by atoms with Crippen molar-refractivity contribution in [3.63, 3.8) is 0 Å². The molecule has 1 saturated carbocycles. The Morgan fingerprint density at radius 3 is 2.71 bits per heavy atom. The molecule has 2 heterocycles. The van der Waals surface area contributed by atoms with Crippen LogP contribution < -0.4 is 14.4 Å². The molecule has 11 heteroatoms. The molecule has 6 rings (SSSR count). The maximum absolute atomic E-state index is 13.4. The molecule has 7 atom stereocenters. The summed E-state index contributed by atoms with van der Waals surface area (Å²) in [5.74, 6) is -0.247. The zero-order valence-corrected chi connectivity index (χ0v) is 28.5. The number of aliphatic hydroxyl groups is 1. The van der Waals surface area contributed by atoms with E-state index in [-0.39, 0.29) is 34.5 Å². The van der Waals surface area contributed by atoms with Crippen LogP contribution in [0, 0.1) is 17.8 Å². The third-order valence-electron chi connectivity index (χ3n) is 10.7. The number of anilines is 1. The molecule has 2 aromatic rings. The van der Waals surface area contributed by atoms with Crippen molar-refractivity contribution in [3.8, 4) is 5.75 Å². The van der Waals surface area contributed by atoms with Crippen molar-refractivity contribution in [3.05, 3.63) is 70.3 Å². The van der Waals surface area contributed by atoms with E-state index in [2.05, 4.69) is 15.7 Å². The van der Waals surface area contributed by atoms with Crippen molar-refractivity contribution in [2.45, 2.75) is 68.6 Å². The third kappa shape index (κ3) is 6.32. The highest BCUT2D eigenvalue weighted by Gasteiger charge is 2.48. The molecule has 0 saturated heterocycles. The molecule has 1 spiro atoms. The van der Waals surface area contributed by atoms with Crippen LogP contribution in [0.25, 0.3) is 0 Å². The Hall–Kier alpha value is -2.40. The zero-order chi connectivity index (χ0) is 32.1. The highest BCUT2D eigenvalue weighted by molar-refractivity contribution is 7.90. The lowest BCUT2D eigenvalue weighted by Crippen LogP contribution is -2.54. The van der Waals surface area contributed by atoms with Crippen molar-refractivity contribution in [2.24, 2.45) is 17.8 Å². The van der Waals surface area contributed by atoms with E-state index in [1.54, 1.807) is 37.5 Å². The number of fused-ring (bicyclic) bond motifs is 4. The Kier molecular flexibility index (Phi) is 8.91. The standard InChI is InChI=1S/C34H43ClN2O6S2/c1-22-6-4-15-34(39,21-44(3)40)29-11-8-26(29)18-37-19-33(14-5-7-24-16-27(35)10-12-28(24)33)20-43-31-13-9-25(17-30(31)37)32(38)36-45(41,42)23(22)2/h4,9-10,12-13,15-17,22-23,26,29,39H,5-8,11,14,18-21H2,1-3H3,(H,36,38)/b15-4+/t22-,23+,26-,29+,33-,34+,44?/m0/s1. The zero-order valence-electron chi connectivity index (χ0n) is 26.1. The van der Waals surface area contributed by atoms with E-state index < -0.39 is 37.6 Å². The van der Waals surface area contributed by atoms with Crippen LogP contribution >= 0.6 is 11.6 Å². The molecule has 244 valence electrons. The maximum Gasteiger partial charge on any atom is 0.264 e. The van der Waals surface area contributed by atoms with E-state index in [4.69, 9.17) is 16.3 Å². The van der Waals surface area contributed by atoms with Gasteiger partial charge in [0, 0.05) is 46.1 Å². The fourth-order valence-electron chi connectivity index (χ4n) is 7.85. The van der Waals surface area contributed by atoms with E-state index in [1.807, 2.05) is 25.1 Å². The minimum Gasteiger partial charge on any atom is -0.490 e. The van der Waals surface area contributed by atoms with Gasteiger partial charge in [-0.2, -0.15) is 0 Å². The average molecular weight is 675 g/mol. The molecule has 2 aliphatic carbocycles. The van der Waals surface area contributed by atoms with E-state index >= 15 is 0 Å². The van der Waals surface area contributed by atoms with Crippen LogP contribution in [-0.2, 0) is 32.7 Å². The van der Waals surface area contributed by atoms with Gasteiger partial charge >= 0.3 is 0 Å². The van der Waals surface area contributed by atoms with Crippen molar-refractivity contribution >= 4 is 44.0 Å². The smallest absolute Gasteiger partial charge is 0.264 e. The summed E-state index contributed by atoms with van der Waals surface area (Å²) in [7, 11) is -5.24. The van der Waals surface area contributed by atoms with Gasteiger partial charge in [-0.05, 0) is 105 Å². The summed E-state index contributed by atoms with van der Waals surface area (Å²) < 4.78 is 48.0. The average Bonchev–Trinajstić information content (AvgIpc) is 3.10. The first kappa shape index (κ1) is 32.5. The van der Waals surface area contributed by atoms with Crippen LogP contribution in [0.4, 0.5) is 5.69 Å². The number of carbonyl (C=O) groups excluding carboxylic acids is 1. The summed E-state index contributed by atoms with van der Waals surface area (Å²) >= 11 is 6.40. The largest absolute Gasteiger partial charge is 0.490 e. The van der Waals surface area contributed by atoms with Crippen molar-refractivity contribution < 1.29 is 27.3 Å². The maximum atomic E-state index is 13.4. The van der Waals surface area contributed by atoms with Gasteiger partial charge in [0.1, 0.15) is 5.75 Å². The van der Waals surface area contributed by atoms with Gasteiger partial charge < -0.3 is 14.7 Å². The second-order valence-corrected chi connectivity index (χ2v) is 17.6. The van der Waals surface area contributed by atoms with Crippen LogP contribution in [0.5, 0.6) is 5.75 Å². The molecule has 2 N–H and O–H groups in total. The molecule has 0 aromatic heterocycles. The molecule has 45 heavy (non-hydrogen) atoms. The molecule has 0 radical (unpaired) electrons. The number of allylic oxidation sites excluding steroid dienone is 1. The summed E-state index contributed by atoms with van der Waals surface area (Å²) in [4.78, 5) is 15.7. The number of nitrogens with zero attached hydrogens (tertiary/aromatic N) is 1. The molecule has 1 amide bonds. The number of nitrogens with one attached hydrogen (secondary N) is 1. The van der Waals surface area contributed by atoms with Crippen LogP contribution in [-0.4, -0.2) is 66.2 Å². The number of sulfonamides is 1. The summed E-state index contributed by atoms with van der Waals surface area (Å²) in [5, 5.41) is 11.9. The van der Waals surface area contributed by atoms with Gasteiger partial charge in [-0.25, -0.2) is 13.1 Å². The number of aryl methyl sites for hydroxylation is 1. The highest BCUT2D eigenvalue weighted by atomic mass is 35.5. The summed E-state index contributed by atoms with van der Waals surface area (Å²) in [6.45, 7) is 5.10. The Balaban J connectivity index is 1.46. The number of halogens is 1. The molecule has 1 fully saturated rings. The number of carbonyl (C=O) groups is 1. The Labute approximate surface area is 274 Å².